The molecule has 0 radical (unpaired) electrons. The second-order valence-corrected chi connectivity index (χ2v) is 5.59. The molecule has 3 rings (SSSR count). The van der Waals surface area contributed by atoms with E-state index in [1.54, 1.807) is 0 Å². The minimum absolute atomic E-state index is 0.339. The molecule has 18 heavy (non-hydrogen) atoms. The van der Waals surface area contributed by atoms with Gasteiger partial charge in [-0.1, -0.05) is 32.0 Å². The quantitative estimate of drug-likeness (QED) is 0.898. The van der Waals surface area contributed by atoms with Crippen LogP contribution in [-0.2, 0) is 6.54 Å². The Balaban J connectivity index is 2.09. The van der Waals surface area contributed by atoms with E-state index in [0.717, 1.165) is 17.3 Å². The van der Waals surface area contributed by atoms with Crippen LogP contribution in [0.3, 0.4) is 0 Å². The number of hydrogen-bond donors (Lipinski definition) is 1. The zero-order chi connectivity index (χ0) is 12.8. The molecule has 1 unspecified atom stereocenters. The Bertz CT molecular complexity index is 556. The van der Waals surface area contributed by atoms with E-state index < -0.39 is 0 Å². The molecule has 1 fully saturated rings. The van der Waals surface area contributed by atoms with Crippen LogP contribution in [0.1, 0.15) is 37.8 Å². The van der Waals surface area contributed by atoms with Crippen LogP contribution in [0.5, 0.6) is 0 Å². The van der Waals surface area contributed by atoms with Crippen LogP contribution >= 0.6 is 0 Å². The maximum absolute atomic E-state index is 5.77. The Morgan fingerprint density at radius 2 is 1.94 bits per heavy atom. The molecule has 2 N–H and O–H groups in total. The zero-order valence-corrected chi connectivity index (χ0v) is 10.8. The summed E-state index contributed by atoms with van der Waals surface area (Å²) in [6.45, 7) is 4.95. The molecule has 0 aliphatic heterocycles. The first-order chi connectivity index (χ1) is 8.63. The van der Waals surface area contributed by atoms with E-state index in [-0.39, 0.29) is 0 Å². The second kappa shape index (κ2) is 3.92. The summed E-state index contributed by atoms with van der Waals surface area (Å²) in [5, 5.41) is 8.58. The molecule has 0 bridgehead atoms. The minimum atomic E-state index is 0.339. The first-order valence-corrected chi connectivity index (χ1v) is 6.33. The summed E-state index contributed by atoms with van der Waals surface area (Å²) in [7, 11) is 0. The van der Waals surface area contributed by atoms with E-state index in [4.69, 9.17) is 5.73 Å². The maximum Gasteiger partial charge on any atom is 0.151 e. The van der Waals surface area contributed by atoms with Gasteiger partial charge in [-0.05, 0) is 24.0 Å². The zero-order valence-electron chi connectivity index (χ0n) is 10.8. The molecule has 1 heterocycles. The third-order valence-electron chi connectivity index (χ3n) is 3.78. The van der Waals surface area contributed by atoms with E-state index in [1.165, 1.54) is 6.42 Å². The molecule has 4 nitrogen and oxygen atoms in total. The van der Waals surface area contributed by atoms with Crippen LogP contribution in [0, 0.1) is 5.41 Å². The molecular weight excluding hydrogens is 224 g/mol. The van der Waals surface area contributed by atoms with Crippen molar-refractivity contribution < 1.29 is 0 Å². The maximum atomic E-state index is 5.77. The number of rotatable bonds is 3. The van der Waals surface area contributed by atoms with Crippen LogP contribution in [-0.4, -0.2) is 14.8 Å². The summed E-state index contributed by atoms with van der Waals surface area (Å²) in [4.78, 5) is 0. The van der Waals surface area contributed by atoms with Crippen LogP contribution in [0.15, 0.2) is 30.3 Å². The number of hydrogen-bond acceptors (Lipinski definition) is 3. The lowest BCUT2D eigenvalue weighted by Gasteiger charge is -2.10. The highest BCUT2D eigenvalue weighted by Crippen LogP contribution is 2.58. The molecule has 0 spiro atoms. The van der Waals surface area contributed by atoms with E-state index in [0.29, 0.717) is 17.9 Å². The summed E-state index contributed by atoms with van der Waals surface area (Å²) in [5.41, 5.74) is 7.20. The third kappa shape index (κ3) is 1.73. The predicted octanol–water partition coefficient (Wildman–Crippen LogP) is 2.24. The van der Waals surface area contributed by atoms with Crippen LogP contribution in [0.4, 0.5) is 0 Å². The minimum Gasteiger partial charge on any atom is -0.324 e. The fraction of sp³-hybridized carbons (Fsp3) is 0.429. The molecule has 1 atom stereocenters. The Morgan fingerprint density at radius 1 is 1.28 bits per heavy atom. The van der Waals surface area contributed by atoms with Gasteiger partial charge in [-0.2, -0.15) is 0 Å². The summed E-state index contributed by atoms with van der Waals surface area (Å²) in [6.07, 6.45) is 1.17. The molecular formula is C14H18N4. The smallest absolute Gasteiger partial charge is 0.151 e. The van der Waals surface area contributed by atoms with Gasteiger partial charge in [0, 0.05) is 11.6 Å². The number of aromatic nitrogens is 3. The lowest BCUT2D eigenvalue weighted by Crippen LogP contribution is -2.09. The topological polar surface area (TPSA) is 56.7 Å². The van der Waals surface area contributed by atoms with Crippen molar-refractivity contribution >= 4 is 0 Å². The molecule has 94 valence electrons. The van der Waals surface area contributed by atoms with E-state index >= 15 is 0 Å². The van der Waals surface area contributed by atoms with Gasteiger partial charge in [0.25, 0.3) is 0 Å². The normalized spacial score (nSPS) is 20.9. The van der Waals surface area contributed by atoms with E-state index in [9.17, 15) is 0 Å². The van der Waals surface area contributed by atoms with Gasteiger partial charge in [0.05, 0.1) is 6.54 Å². The van der Waals surface area contributed by atoms with E-state index in [2.05, 4.69) is 40.7 Å². The molecule has 1 saturated carbocycles. The number of para-hydroxylation sites is 1. The van der Waals surface area contributed by atoms with Crippen molar-refractivity contribution in [2.45, 2.75) is 32.7 Å². The van der Waals surface area contributed by atoms with Gasteiger partial charge in [-0.3, -0.25) is 4.57 Å². The lowest BCUT2D eigenvalue weighted by atomic mass is 10.1. The number of nitrogens with zero attached hydrogens (tertiary/aromatic N) is 3. The van der Waals surface area contributed by atoms with Crippen LogP contribution in [0.25, 0.3) is 5.69 Å². The highest BCUT2D eigenvalue weighted by Gasteiger charge is 2.49. The monoisotopic (exact) mass is 242 g/mol. The highest BCUT2D eigenvalue weighted by molar-refractivity contribution is 5.36. The summed E-state index contributed by atoms with van der Waals surface area (Å²) in [6, 6.07) is 10.2. The third-order valence-corrected chi connectivity index (χ3v) is 3.78. The molecule has 4 heteroatoms. The molecule has 1 aromatic heterocycles. The van der Waals surface area contributed by atoms with Crippen molar-refractivity contribution in [3.05, 3.63) is 42.0 Å². The molecule has 0 saturated heterocycles. The van der Waals surface area contributed by atoms with Crippen LogP contribution < -0.4 is 5.73 Å². The van der Waals surface area contributed by atoms with Gasteiger partial charge in [0.2, 0.25) is 0 Å². The second-order valence-electron chi connectivity index (χ2n) is 5.59. The molecule has 1 aliphatic rings. The lowest BCUT2D eigenvalue weighted by molar-refractivity contribution is 0.602. The number of benzene rings is 1. The Morgan fingerprint density at radius 3 is 2.50 bits per heavy atom. The summed E-state index contributed by atoms with van der Waals surface area (Å²) in [5.74, 6) is 2.37. The predicted molar refractivity (Wildman–Crippen MR) is 70.4 cm³/mol. The van der Waals surface area contributed by atoms with Gasteiger partial charge in [-0.25, -0.2) is 0 Å². The summed E-state index contributed by atoms with van der Waals surface area (Å²) < 4.78 is 2.11. The highest BCUT2D eigenvalue weighted by atomic mass is 15.3. The molecule has 1 aromatic carbocycles. The van der Waals surface area contributed by atoms with Crippen molar-refractivity contribution in [3.8, 4) is 5.69 Å². The molecule has 1 aliphatic carbocycles. The average Bonchev–Trinajstić information content (AvgIpc) is 2.85. The Labute approximate surface area is 107 Å². The van der Waals surface area contributed by atoms with Crippen molar-refractivity contribution in [2.24, 2.45) is 11.1 Å². The SMILES string of the molecule is CC1(C)CC1c1nnc(CN)n1-c1ccccc1. The van der Waals surface area contributed by atoms with Crippen molar-refractivity contribution in [1.29, 1.82) is 0 Å². The fourth-order valence-corrected chi connectivity index (χ4v) is 2.45. The average molecular weight is 242 g/mol. The van der Waals surface area contributed by atoms with Crippen molar-refractivity contribution in [2.75, 3.05) is 0 Å². The van der Waals surface area contributed by atoms with E-state index in [1.807, 2.05) is 18.2 Å². The Kier molecular flexibility index (Phi) is 2.48. The van der Waals surface area contributed by atoms with Crippen molar-refractivity contribution in [1.82, 2.24) is 14.8 Å². The first kappa shape index (κ1) is 11.4. The fourth-order valence-electron chi connectivity index (χ4n) is 2.45. The number of nitrogens with two attached hydrogens (primary N) is 1. The van der Waals surface area contributed by atoms with Gasteiger partial charge in [-0.15, -0.1) is 10.2 Å². The van der Waals surface area contributed by atoms with Crippen LogP contribution in [0.2, 0.25) is 0 Å². The van der Waals surface area contributed by atoms with Gasteiger partial charge in [0.15, 0.2) is 5.82 Å². The van der Waals surface area contributed by atoms with Gasteiger partial charge < -0.3 is 5.73 Å². The summed E-state index contributed by atoms with van der Waals surface area (Å²) >= 11 is 0. The Hall–Kier alpha value is -1.68. The van der Waals surface area contributed by atoms with Gasteiger partial charge >= 0.3 is 0 Å². The largest absolute Gasteiger partial charge is 0.324 e. The molecule has 2 aromatic rings. The van der Waals surface area contributed by atoms with Gasteiger partial charge in [0.1, 0.15) is 5.82 Å². The first-order valence-electron chi connectivity index (χ1n) is 6.33. The van der Waals surface area contributed by atoms with Crippen molar-refractivity contribution in [3.63, 3.8) is 0 Å². The molecule has 0 amide bonds. The standard InChI is InChI=1S/C14H18N4/c1-14(2)8-11(14)13-17-16-12(9-15)18(13)10-6-4-3-5-7-10/h3-7,11H,8-9,15H2,1-2H3.